The van der Waals surface area contributed by atoms with E-state index in [1.165, 1.54) is 38.5 Å². The minimum absolute atomic E-state index is 0.110. The first-order chi connectivity index (χ1) is 36.0. The van der Waals surface area contributed by atoms with E-state index in [2.05, 4.69) is 167 Å². The Bertz CT molecular complexity index is 1630. The van der Waals surface area contributed by atoms with Crippen molar-refractivity contribution in [2.24, 2.45) is 0 Å². The summed E-state index contributed by atoms with van der Waals surface area (Å²) in [6, 6.07) is 0. The highest BCUT2D eigenvalue weighted by molar-refractivity contribution is 5.71. The van der Waals surface area contributed by atoms with Crippen LogP contribution in [0.4, 0.5) is 0 Å². The van der Waals surface area contributed by atoms with Gasteiger partial charge in [0.1, 0.15) is 13.2 Å². The molecule has 0 spiro atoms. The molecule has 6 heteroatoms. The largest absolute Gasteiger partial charge is 0.462 e. The number of esters is 3. The van der Waals surface area contributed by atoms with Gasteiger partial charge in [-0.1, -0.05) is 224 Å². The Morgan fingerprint density at radius 3 is 0.863 bits per heavy atom. The van der Waals surface area contributed by atoms with Gasteiger partial charge in [0.2, 0.25) is 0 Å². The minimum Gasteiger partial charge on any atom is -0.462 e. The van der Waals surface area contributed by atoms with Crippen LogP contribution in [0, 0.1) is 0 Å². The standard InChI is InChI=1S/C67H106O6/c1-4-7-10-13-16-19-22-25-27-29-31-32-33-34-36-37-39-42-45-48-51-54-57-60-66(69)72-63-64(62-71-65(68)59-56-53-50-47-44-41-24-21-18-15-12-9-6-3)73-67(70)61-58-55-52-49-46-43-40-38-35-30-28-26-23-20-17-14-11-8-5-2/h7-8,10-11,16-17,19-21,24-28,31-32,34-36,38-39,42-43,46,64H,4-6,9,12-15,18,22-23,29-30,33,37,40-41,44-45,47-63H2,1-3H3/b10-7-,11-8-,19-16-,20-17-,24-21-,27-25-,28-26-,32-31-,36-34-,38-35-,42-39-,46-43-. The first-order valence-electron chi connectivity index (χ1n) is 29.3. The van der Waals surface area contributed by atoms with Gasteiger partial charge in [-0.15, -0.1) is 0 Å². The van der Waals surface area contributed by atoms with Crippen LogP contribution in [0.25, 0.3) is 0 Å². The molecule has 0 fully saturated rings. The van der Waals surface area contributed by atoms with Crippen molar-refractivity contribution in [3.05, 3.63) is 146 Å². The van der Waals surface area contributed by atoms with Crippen molar-refractivity contribution < 1.29 is 28.6 Å². The van der Waals surface area contributed by atoms with Crippen LogP contribution >= 0.6 is 0 Å². The van der Waals surface area contributed by atoms with Crippen molar-refractivity contribution in [3.63, 3.8) is 0 Å². The zero-order chi connectivity index (χ0) is 52.9. The van der Waals surface area contributed by atoms with E-state index in [9.17, 15) is 14.4 Å². The maximum atomic E-state index is 12.9. The van der Waals surface area contributed by atoms with Gasteiger partial charge in [0, 0.05) is 19.3 Å². The third-order valence-corrected chi connectivity index (χ3v) is 11.8. The molecular weight excluding hydrogens is 901 g/mol. The van der Waals surface area contributed by atoms with Gasteiger partial charge in [-0.2, -0.15) is 0 Å². The van der Waals surface area contributed by atoms with Gasteiger partial charge in [-0.25, -0.2) is 0 Å². The monoisotopic (exact) mass is 1010 g/mol. The molecule has 0 bridgehead atoms. The number of allylic oxidation sites excluding steroid dienone is 24. The molecule has 0 amide bonds. The second-order valence-corrected chi connectivity index (χ2v) is 18.8. The summed E-state index contributed by atoms with van der Waals surface area (Å²) in [5, 5.41) is 0. The molecule has 0 aromatic rings. The van der Waals surface area contributed by atoms with Gasteiger partial charge in [0.05, 0.1) is 0 Å². The zero-order valence-corrected chi connectivity index (χ0v) is 46.8. The van der Waals surface area contributed by atoms with Crippen LogP contribution in [0.15, 0.2) is 146 Å². The lowest BCUT2D eigenvalue weighted by Gasteiger charge is -2.18. The molecule has 73 heavy (non-hydrogen) atoms. The summed E-state index contributed by atoms with van der Waals surface area (Å²) < 4.78 is 16.8. The number of ether oxygens (including phenoxy) is 3. The predicted molar refractivity (Wildman–Crippen MR) is 315 cm³/mol. The first-order valence-corrected chi connectivity index (χ1v) is 29.3. The van der Waals surface area contributed by atoms with Gasteiger partial charge in [0.25, 0.3) is 0 Å². The minimum atomic E-state index is -0.817. The first kappa shape index (κ1) is 68.3. The third kappa shape index (κ3) is 58.1. The second kappa shape index (κ2) is 59.8. The Balaban J connectivity index is 4.51. The van der Waals surface area contributed by atoms with Crippen LogP contribution in [0.1, 0.15) is 239 Å². The van der Waals surface area contributed by atoms with Crippen LogP contribution in [0.5, 0.6) is 0 Å². The smallest absolute Gasteiger partial charge is 0.306 e. The summed E-state index contributed by atoms with van der Waals surface area (Å²) in [5.41, 5.74) is 0. The molecular formula is C67H106O6. The van der Waals surface area contributed by atoms with Gasteiger partial charge in [0.15, 0.2) is 6.10 Å². The highest BCUT2D eigenvalue weighted by Crippen LogP contribution is 2.13. The maximum absolute atomic E-state index is 12.9. The Morgan fingerprint density at radius 1 is 0.288 bits per heavy atom. The number of hydrogen-bond donors (Lipinski definition) is 0. The highest BCUT2D eigenvalue weighted by atomic mass is 16.6. The van der Waals surface area contributed by atoms with E-state index in [4.69, 9.17) is 14.2 Å². The zero-order valence-electron chi connectivity index (χ0n) is 46.8. The van der Waals surface area contributed by atoms with Crippen LogP contribution in [0.2, 0.25) is 0 Å². The summed E-state index contributed by atoms with van der Waals surface area (Å²) in [7, 11) is 0. The fraction of sp³-hybridized carbons (Fsp3) is 0.597. The van der Waals surface area contributed by atoms with Gasteiger partial charge >= 0.3 is 17.9 Å². The van der Waals surface area contributed by atoms with Crippen molar-refractivity contribution in [3.8, 4) is 0 Å². The SMILES string of the molecule is CC/C=C\C/C=C\C/C=C\C/C=C\C/C=C\C/C=C\CCCCCCC(=O)OCC(COC(=O)CCCCCCC/C=C\CCCCCC)OC(=O)CCCCC/C=C\C/C=C\C/C=C\C/C=C\C/C=C\CC. The van der Waals surface area contributed by atoms with E-state index < -0.39 is 6.10 Å². The lowest BCUT2D eigenvalue weighted by Crippen LogP contribution is -2.30. The average Bonchev–Trinajstić information content (AvgIpc) is 3.39. The molecule has 0 rings (SSSR count). The number of rotatable bonds is 51. The highest BCUT2D eigenvalue weighted by Gasteiger charge is 2.19. The normalized spacial score (nSPS) is 13.2. The summed E-state index contributed by atoms with van der Waals surface area (Å²) in [4.78, 5) is 38.2. The van der Waals surface area contributed by atoms with Crippen molar-refractivity contribution in [1.29, 1.82) is 0 Å². The summed E-state index contributed by atoms with van der Waals surface area (Å²) >= 11 is 0. The van der Waals surface area contributed by atoms with Crippen molar-refractivity contribution in [1.82, 2.24) is 0 Å². The average molecular weight is 1010 g/mol. The summed E-state index contributed by atoms with van der Waals surface area (Å²) in [6.07, 6.45) is 85.5. The molecule has 1 unspecified atom stereocenters. The molecule has 0 aromatic heterocycles. The molecule has 6 nitrogen and oxygen atoms in total. The number of carbonyl (C=O) groups excluding carboxylic acids is 3. The molecule has 0 aromatic carbocycles. The van der Waals surface area contributed by atoms with E-state index in [1.54, 1.807) is 0 Å². The summed E-state index contributed by atoms with van der Waals surface area (Å²) in [6.45, 7) is 6.33. The molecule has 0 heterocycles. The third-order valence-electron chi connectivity index (χ3n) is 11.8. The van der Waals surface area contributed by atoms with E-state index in [0.29, 0.717) is 19.3 Å². The van der Waals surface area contributed by atoms with E-state index in [0.717, 1.165) is 154 Å². The molecule has 0 aliphatic rings. The molecule has 410 valence electrons. The quantitative estimate of drug-likeness (QED) is 0.0261. The van der Waals surface area contributed by atoms with Crippen molar-refractivity contribution >= 4 is 17.9 Å². The second-order valence-electron chi connectivity index (χ2n) is 18.8. The lowest BCUT2D eigenvalue weighted by atomic mass is 10.1. The van der Waals surface area contributed by atoms with Gasteiger partial charge in [-0.3, -0.25) is 14.4 Å². The molecule has 0 saturated carbocycles. The van der Waals surface area contributed by atoms with Gasteiger partial charge < -0.3 is 14.2 Å². The molecule has 0 aliphatic carbocycles. The van der Waals surface area contributed by atoms with Crippen molar-refractivity contribution in [2.75, 3.05) is 13.2 Å². The maximum Gasteiger partial charge on any atom is 0.306 e. The fourth-order valence-electron chi connectivity index (χ4n) is 7.47. The summed E-state index contributed by atoms with van der Waals surface area (Å²) in [5.74, 6) is -0.982. The topological polar surface area (TPSA) is 78.9 Å². The number of carbonyl (C=O) groups is 3. The molecule has 0 radical (unpaired) electrons. The van der Waals surface area contributed by atoms with Crippen LogP contribution < -0.4 is 0 Å². The molecule has 1 atom stereocenters. The van der Waals surface area contributed by atoms with Gasteiger partial charge in [-0.05, 0) is 141 Å². The van der Waals surface area contributed by atoms with Crippen molar-refractivity contribution in [2.45, 2.75) is 245 Å². The predicted octanol–water partition coefficient (Wildman–Crippen LogP) is 20.0. The fourth-order valence-corrected chi connectivity index (χ4v) is 7.47. The molecule has 0 aliphatic heterocycles. The lowest BCUT2D eigenvalue weighted by molar-refractivity contribution is -0.167. The van der Waals surface area contributed by atoms with Crippen LogP contribution in [-0.4, -0.2) is 37.2 Å². The van der Waals surface area contributed by atoms with Crippen LogP contribution in [0.3, 0.4) is 0 Å². The number of hydrogen-bond acceptors (Lipinski definition) is 6. The molecule has 0 N–H and O–H groups in total. The Hall–Kier alpha value is -4.71. The Labute approximate surface area is 448 Å². The van der Waals surface area contributed by atoms with E-state index in [-0.39, 0.29) is 37.5 Å². The van der Waals surface area contributed by atoms with E-state index >= 15 is 0 Å². The Morgan fingerprint density at radius 2 is 0.534 bits per heavy atom. The van der Waals surface area contributed by atoms with Crippen LogP contribution in [-0.2, 0) is 28.6 Å². The molecule has 0 saturated heterocycles. The number of unbranched alkanes of at least 4 members (excludes halogenated alkanes) is 16. The Kier molecular flexibility index (Phi) is 56.0. The van der Waals surface area contributed by atoms with E-state index in [1.807, 2.05) is 0 Å².